The number of fused-ring (bicyclic) bond motifs is 3. The molecule has 2 N–H and O–H groups in total. The van der Waals surface area contributed by atoms with Gasteiger partial charge in [0.25, 0.3) is 0 Å². The molecule has 1 saturated heterocycles. The van der Waals surface area contributed by atoms with E-state index in [1.54, 1.807) is 20.8 Å². The van der Waals surface area contributed by atoms with E-state index in [-0.39, 0.29) is 44.0 Å². The highest BCUT2D eigenvalue weighted by atomic mass is 79.9. The maximum atomic E-state index is 13.1. The number of carbonyl (C=O) groups is 3. The fraction of sp³-hybridized carbons (Fsp3) is 0.448. The fourth-order valence-corrected chi connectivity index (χ4v) is 5.80. The molecule has 0 saturated carbocycles. The van der Waals surface area contributed by atoms with E-state index in [0.717, 1.165) is 22.3 Å². The Kier molecular flexibility index (Phi) is 8.02. The zero-order chi connectivity index (χ0) is 28.4. The lowest BCUT2D eigenvalue weighted by molar-refractivity contribution is -0.126. The Morgan fingerprint density at radius 3 is 2.33 bits per heavy atom. The highest BCUT2D eigenvalue weighted by Crippen LogP contribution is 2.44. The topological polar surface area (TPSA) is 119 Å². The Hall–Kier alpha value is -3.60. The highest BCUT2D eigenvalue weighted by Gasteiger charge is 2.42. The Labute approximate surface area is 241 Å². The molecule has 40 heavy (non-hydrogen) atoms. The van der Waals surface area contributed by atoms with Crippen LogP contribution in [0, 0.1) is 0 Å². The Morgan fingerprint density at radius 2 is 1.73 bits per heavy atom. The number of hydrogen-bond acceptors (Lipinski definition) is 7. The van der Waals surface area contributed by atoms with Crippen molar-refractivity contribution in [3.8, 4) is 11.1 Å². The van der Waals surface area contributed by atoms with E-state index >= 15 is 0 Å². The van der Waals surface area contributed by atoms with Crippen molar-refractivity contribution in [2.45, 2.75) is 63.3 Å². The summed E-state index contributed by atoms with van der Waals surface area (Å²) in [4.78, 5) is 45.6. The van der Waals surface area contributed by atoms with Crippen LogP contribution < -0.4 is 10.6 Å². The number of ether oxygens (including phenoxy) is 2. The second kappa shape index (κ2) is 11.5. The van der Waals surface area contributed by atoms with E-state index in [2.05, 4.69) is 56.0 Å². The number of nitrogens with one attached hydrogen (secondary N) is 2. The van der Waals surface area contributed by atoms with Gasteiger partial charge in [-0.05, 0) is 65.4 Å². The molecule has 3 aliphatic rings. The predicted molar refractivity (Wildman–Crippen MR) is 152 cm³/mol. The predicted octanol–water partition coefficient (Wildman–Crippen LogP) is 4.52. The molecule has 0 radical (unpaired) electrons. The van der Waals surface area contributed by atoms with Crippen molar-refractivity contribution in [3.63, 3.8) is 0 Å². The maximum absolute atomic E-state index is 13.1. The molecule has 2 unspecified atom stereocenters. The van der Waals surface area contributed by atoms with Crippen LogP contribution in [0.1, 0.15) is 50.7 Å². The summed E-state index contributed by atoms with van der Waals surface area (Å²) in [5, 5.41) is 9.51. The SMILES string of the molecule is CC(C)(C)OC(=O)N1CC(NC(=O)OCC2c3ccccc3-c3ccccc32)CC1C(=O)NC[C@@H]1CC(Br)=NO1. The Morgan fingerprint density at radius 1 is 1.07 bits per heavy atom. The molecule has 2 aromatic carbocycles. The number of likely N-dealkylation sites (tertiary alicyclic amines) is 1. The van der Waals surface area contributed by atoms with Gasteiger partial charge in [0.15, 0.2) is 6.10 Å². The lowest BCUT2D eigenvalue weighted by Gasteiger charge is -2.28. The van der Waals surface area contributed by atoms with Gasteiger partial charge in [-0.25, -0.2) is 9.59 Å². The number of halogens is 1. The molecule has 5 rings (SSSR count). The zero-order valence-corrected chi connectivity index (χ0v) is 24.3. The molecule has 2 aromatic rings. The first-order valence-corrected chi connectivity index (χ1v) is 14.2. The number of amides is 3. The molecule has 1 aliphatic carbocycles. The van der Waals surface area contributed by atoms with Gasteiger partial charge in [-0.3, -0.25) is 9.69 Å². The molecular weight excluding hydrogens is 580 g/mol. The first-order valence-electron chi connectivity index (χ1n) is 13.4. The third kappa shape index (κ3) is 6.24. The molecule has 11 heteroatoms. The Bertz CT molecular complexity index is 1280. The molecule has 3 atom stereocenters. The van der Waals surface area contributed by atoms with Crippen LogP contribution in [0.4, 0.5) is 9.59 Å². The average molecular weight is 614 g/mol. The summed E-state index contributed by atoms with van der Waals surface area (Å²) in [6.07, 6.45) is -0.733. The average Bonchev–Trinajstić information content (AvgIpc) is 3.61. The molecule has 2 aliphatic heterocycles. The quantitative estimate of drug-likeness (QED) is 0.495. The van der Waals surface area contributed by atoms with Crippen molar-refractivity contribution >= 4 is 38.6 Å². The number of nitrogens with zero attached hydrogens (tertiary/aromatic N) is 2. The number of benzene rings is 2. The summed E-state index contributed by atoms with van der Waals surface area (Å²) in [5.41, 5.74) is 3.79. The second-order valence-electron chi connectivity index (χ2n) is 11.2. The molecule has 0 bridgehead atoms. The van der Waals surface area contributed by atoms with Crippen molar-refractivity contribution in [3.05, 3.63) is 59.7 Å². The summed E-state index contributed by atoms with van der Waals surface area (Å²) in [7, 11) is 0. The largest absolute Gasteiger partial charge is 0.449 e. The lowest BCUT2D eigenvalue weighted by Crippen LogP contribution is -2.48. The van der Waals surface area contributed by atoms with Gasteiger partial charge < -0.3 is 24.9 Å². The molecule has 1 fully saturated rings. The number of rotatable bonds is 6. The molecule has 3 amide bonds. The first kappa shape index (κ1) is 27.9. The van der Waals surface area contributed by atoms with Crippen LogP contribution in [-0.4, -0.2) is 71.1 Å². The van der Waals surface area contributed by atoms with E-state index in [1.807, 2.05) is 24.3 Å². The maximum Gasteiger partial charge on any atom is 0.411 e. The third-order valence-corrected chi connectivity index (χ3v) is 7.57. The Balaban J connectivity index is 1.21. The minimum Gasteiger partial charge on any atom is -0.449 e. The number of carbonyl (C=O) groups excluding carboxylic acids is 3. The van der Waals surface area contributed by atoms with E-state index < -0.39 is 29.9 Å². The number of hydrogen-bond donors (Lipinski definition) is 2. The van der Waals surface area contributed by atoms with Gasteiger partial charge >= 0.3 is 12.2 Å². The molecule has 0 aromatic heterocycles. The minimum absolute atomic E-state index is 0.0691. The van der Waals surface area contributed by atoms with Gasteiger partial charge in [-0.15, -0.1) is 0 Å². The van der Waals surface area contributed by atoms with Crippen LogP contribution in [0.5, 0.6) is 0 Å². The molecule has 10 nitrogen and oxygen atoms in total. The van der Waals surface area contributed by atoms with E-state index in [9.17, 15) is 14.4 Å². The fourth-order valence-electron chi connectivity index (χ4n) is 5.35. The van der Waals surface area contributed by atoms with Crippen LogP contribution in [0.2, 0.25) is 0 Å². The van der Waals surface area contributed by atoms with Crippen molar-refractivity contribution < 1.29 is 28.7 Å². The third-order valence-electron chi connectivity index (χ3n) is 7.10. The number of oxime groups is 1. The lowest BCUT2D eigenvalue weighted by atomic mass is 9.98. The molecular formula is C29H33BrN4O6. The van der Waals surface area contributed by atoms with Gasteiger partial charge in [0.2, 0.25) is 5.91 Å². The zero-order valence-electron chi connectivity index (χ0n) is 22.7. The van der Waals surface area contributed by atoms with E-state index in [0.29, 0.717) is 11.0 Å². The molecule has 2 heterocycles. The monoisotopic (exact) mass is 612 g/mol. The van der Waals surface area contributed by atoms with Gasteiger partial charge in [0.1, 0.15) is 22.9 Å². The molecule has 212 valence electrons. The normalized spacial score (nSPS) is 21.6. The summed E-state index contributed by atoms with van der Waals surface area (Å²) in [6.45, 7) is 5.81. The minimum atomic E-state index is -0.820. The smallest absolute Gasteiger partial charge is 0.411 e. The highest BCUT2D eigenvalue weighted by molar-refractivity contribution is 9.18. The van der Waals surface area contributed by atoms with E-state index in [4.69, 9.17) is 14.3 Å². The first-order chi connectivity index (χ1) is 19.1. The van der Waals surface area contributed by atoms with Crippen molar-refractivity contribution in [2.75, 3.05) is 19.7 Å². The standard InChI is InChI=1S/C29H33BrN4O6/c1-29(2,3)39-28(37)34-15-17(12-24(34)26(35)31-14-18-13-25(30)33-40-18)32-27(36)38-16-23-21-10-6-4-8-19(21)20-9-5-7-11-22(20)23/h4-11,17-18,23-24H,12-16H2,1-3H3,(H,31,35)(H,32,36)/t17?,18-,24?/m0/s1. The van der Waals surface area contributed by atoms with Gasteiger partial charge in [0.05, 0.1) is 12.6 Å². The van der Waals surface area contributed by atoms with Crippen molar-refractivity contribution in [1.29, 1.82) is 0 Å². The second-order valence-corrected chi connectivity index (χ2v) is 12.1. The summed E-state index contributed by atoms with van der Waals surface area (Å²) in [5.74, 6) is -0.422. The summed E-state index contributed by atoms with van der Waals surface area (Å²) in [6, 6.07) is 14.9. The van der Waals surface area contributed by atoms with Crippen LogP contribution in [-0.2, 0) is 19.1 Å². The van der Waals surface area contributed by atoms with Gasteiger partial charge in [-0.1, -0.05) is 53.7 Å². The summed E-state index contributed by atoms with van der Waals surface area (Å²) >= 11 is 3.28. The van der Waals surface area contributed by atoms with Crippen LogP contribution in [0.25, 0.3) is 11.1 Å². The number of alkyl carbamates (subject to hydrolysis) is 1. The van der Waals surface area contributed by atoms with Crippen molar-refractivity contribution in [1.82, 2.24) is 15.5 Å². The molecule has 0 spiro atoms. The van der Waals surface area contributed by atoms with E-state index in [1.165, 1.54) is 4.90 Å². The van der Waals surface area contributed by atoms with Crippen LogP contribution in [0.15, 0.2) is 53.7 Å². The van der Waals surface area contributed by atoms with Crippen molar-refractivity contribution in [2.24, 2.45) is 5.16 Å². The van der Waals surface area contributed by atoms with Gasteiger partial charge in [0, 0.05) is 18.9 Å². The van der Waals surface area contributed by atoms with Crippen LogP contribution >= 0.6 is 15.9 Å². The van der Waals surface area contributed by atoms with Gasteiger partial charge in [-0.2, -0.15) is 0 Å². The summed E-state index contributed by atoms with van der Waals surface area (Å²) < 4.78 is 11.9. The van der Waals surface area contributed by atoms with Crippen LogP contribution in [0.3, 0.4) is 0 Å².